The summed E-state index contributed by atoms with van der Waals surface area (Å²) < 4.78 is 10.5. The summed E-state index contributed by atoms with van der Waals surface area (Å²) in [6, 6.07) is 9.30. The van der Waals surface area contributed by atoms with E-state index in [0.717, 1.165) is 5.56 Å². The van der Waals surface area contributed by atoms with Crippen LogP contribution in [0.5, 0.6) is 0 Å². The van der Waals surface area contributed by atoms with Crippen molar-refractivity contribution in [3.63, 3.8) is 0 Å². The minimum absolute atomic E-state index is 0.183. The Bertz CT molecular complexity index is 1010. The molecule has 12 nitrogen and oxygen atoms in total. The molecule has 1 aromatic rings. The SMILES string of the molecule is C=C(CC[C@]12O[C@H](C(=O)O)[C@@](O)(C(=O)O)[C@](C(=O)O)(O1)[C@H](O)[C@H]2O)[C@H](O)[C@@H](C)Cc1ccccc1. The molecule has 0 amide bonds. The number of rotatable bonds is 10. The molecule has 0 unspecified atom stereocenters. The lowest BCUT2D eigenvalue weighted by Gasteiger charge is -2.48. The molecule has 2 aliphatic rings. The highest BCUT2D eigenvalue weighted by atomic mass is 16.8. The Morgan fingerprint density at radius 1 is 1.06 bits per heavy atom. The number of hydrogen-bond donors (Lipinski definition) is 7. The highest BCUT2D eigenvalue weighted by Gasteiger charge is 2.84. The minimum Gasteiger partial charge on any atom is -0.479 e. The van der Waals surface area contributed by atoms with Crippen LogP contribution >= 0.6 is 0 Å². The Labute approximate surface area is 199 Å². The van der Waals surface area contributed by atoms with Crippen LogP contribution in [0.25, 0.3) is 0 Å². The van der Waals surface area contributed by atoms with Gasteiger partial charge in [-0.25, -0.2) is 14.4 Å². The lowest BCUT2D eigenvalue weighted by Crippen LogP contribution is -2.77. The van der Waals surface area contributed by atoms with Crippen molar-refractivity contribution in [3.8, 4) is 0 Å². The van der Waals surface area contributed by atoms with Crippen LogP contribution in [0.3, 0.4) is 0 Å². The molecule has 35 heavy (non-hydrogen) atoms. The van der Waals surface area contributed by atoms with Crippen molar-refractivity contribution in [2.24, 2.45) is 5.92 Å². The predicted octanol–water partition coefficient (Wildman–Crippen LogP) is -0.867. The van der Waals surface area contributed by atoms with Crippen molar-refractivity contribution >= 4 is 17.9 Å². The average molecular weight is 496 g/mol. The number of carboxylic acids is 3. The van der Waals surface area contributed by atoms with Crippen LogP contribution in [0, 0.1) is 5.92 Å². The summed E-state index contributed by atoms with van der Waals surface area (Å²) >= 11 is 0. The maximum atomic E-state index is 12.1. The Hall–Kier alpha value is -2.87. The van der Waals surface area contributed by atoms with Gasteiger partial charge in [-0.2, -0.15) is 0 Å². The number of carbonyl (C=O) groups is 3. The maximum absolute atomic E-state index is 12.1. The fourth-order valence-electron chi connectivity index (χ4n) is 4.81. The third-order valence-electron chi connectivity index (χ3n) is 6.78. The van der Waals surface area contributed by atoms with Gasteiger partial charge in [-0.3, -0.25) is 0 Å². The van der Waals surface area contributed by atoms with Gasteiger partial charge in [-0.05, 0) is 29.9 Å². The topological polar surface area (TPSA) is 211 Å². The summed E-state index contributed by atoms with van der Waals surface area (Å²) in [4.78, 5) is 35.8. The molecule has 1 aromatic carbocycles. The van der Waals surface area contributed by atoms with E-state index >= 15 is 0 Å². The first-order valence-corrected chi connectivity index (χ1v) is 10.8. The standard InChI is InChI=1S/C23H28O12/c1-11(14(24)12(2)10-13-6-4-3-5-7-13)8-9-21-15(25)16(26)23(35-21,20(31)32)22(33,19(29)30)17(34-21)18(27)28/h3-7,12,14-17,24-26,33H,1,8-10H2,2H3,(H,27,28)(H,29,30)(H,31,32)/t12-,14-,15+,16+,17+,21-,22+,23-/m0/s1. The number of carboxylic acid groups (broad SMARTS) is 3. The Morgan fingerprint density at radius 3 is 2.17 bits per heavy atom. The molecule has 0 spiro atoms. The van der Waals surface area contributed by atoms with E-state index < -0.39 is 65.7 Å². The van der Waals surface area contributed by atoms with E-state index in [9.17, 15) is 50.1 Å². The van der Waals surface area contributed by atoms with Crippen molar-refractivity contribution in [2.45, 2.75) is 67.6 Å². The number of ether oxygens (including phenoxy) is 2. The number of hydrogen-bond acceptors (Lipinski definition) is 9. The molecule has 0 radical (unpaired) electrons. The van der Waals surface area contributed by atoms with Gasteiger partial charge in [0.1, 0.15) is 12.2 Å². The first-order valence-electron chi connectivity index (χ1n) is 10.8. The second kappa shape index (κ2) is 9.30. The van der Waals surface area contributed by atoms with Crippen LogP contribution in [0.4, 0.5) is 0 Å². The van der Waals surface area contributed by atoms with Crippen molar-refractivity contribution in [1.82, 2.24) is 0 Å². The zero-order valence-corrected chi connectivity index (χ0v) is 18.8. The van der Waals surface area contributed by atoms with Gasteiger partial charge < -0.3 is 45.2 Å². The highest BCUT2D eigenvalue weighted by Crippen LogP contribution is 2.54. The molecule has 12 heteroatoms. The normalized spacial score (nSPS) is 35.7. The van der Waals surface area contributed by atoms with Crippen LogP contribution in [0.2, 0.25) is 0 Å². The fourth-order valence-corrected chi connectivity index (χ4v) is 4.81. The molecule has 2 bridgehead atoms. The van der Waals surface area contributed by atoms with Gasteiger partial charge in [0.05, 0.1) is 6.10 Å². The average Bonchev–Trinajstić information content (AvgIpc) is 3.00. The van der Waals surface area contributed by atoms with Gasteiger partial charge in [0.25, 0.3) is 0 Å². The molecule has 0 saturated carbocycles. The summed E-state index contributed by atoms with van der Waals surface area (Å²) in [5, 5.41) is 71.4. The summed E-state index contributed by atoms with van der Waals surface area (Å²) in [5.74, 6) is -9.43. The molecule has 2 fully saturated rings. The van der Waals surface area contributed by atoms with Crippen LogP contribution in [-0.4, -0.2) is 95.1 Å². The Morgan fingerprint density at radius 2 is 1.66 bits per heavy atom. The molecule has 2 aliphatic heterocycles. The largest absolute Gasteiger partial charge is 0.479 e. The first kappa shape index (κ1) is 26.7. The number of benzene rings is 1. The van der Waals surface area contributed by atoms with Crippen molar-refractivity contribution in [2.75, 3.05) is 0 Å². The summed E-state index contributed by atoms with van der Waals surface area (Å²) in [5.41, 5.74) is -6.07. The van der Waals surface area contributed by atoms with E-state index in [1.807, 2.05) is 30.3 Å². The Balaban J connectivity index is 1.87. The zero-order valence-electron chi connectivity index (χ0n) is 18.8. The van der Waals surface area contributed by atoms with Gasteiger partial charge >= 0.3 is 17.9 Å². The summed E-state index contributed by atoms with van der Waals surface area (Å²) in [6.07, 6.45) is -8.79. The molecule has 2 saturated heterocycles. The number of fused-ring (bicyclic) bond motifs is 2. The molecule has 0 aliphatic carbocycles. The molecule has 3 rings (SSSR count). The lowest BCUT2D eigenvalue weighted by atomic mass is 9.74. The van der Waals surface area contributed by atoms with Gasteiger partial charge in [0.2, 0.25) is 17.3 Å². The van der Waals surface area contributed by atoms with E-state index in [2.05, 4.69) is 6.58 Å². The summed E-state index contributed by atoms with van der Waals surface area (Å²) in [7, 11) is 0. The van der Waals surface area contributed by atoms with Gasteiger partial charge in [-0.15, -0.1) is 0 Å². The quantitative estimate of drug-likeness (QED) is 0.197. The third-order valence-corrected chi connectivity index (χ3v) is 6.78. The maximum Gasteiger partial charge on any atom is 0.343 e. The van der Waals surface area contributed by atoms with Crippen molar-refractivity contribution in [1.29, 1.82) is 0 Å². The zero-order chi connectivity index (χ0) is 26.3. The monoisotopic (exact) mass is 496 g/mol. The van der Waals surface area contributed by atoms with Crippen LogP contribution in [0.15, 0.2) is 42.5 Å². The number of aliphatic hydroxyl groups excluding tert-OH is 3. The third kappa shape index (κ3) is 4.01. The molecular weight excluding hydrogens is 468 g/mol. The van der Waals surface area contributed by atoms with E-state index in [-0.39, 0.29) is 17.9 Å². The number of aliphatic carboxylic acids is 3. The van der Waals surface area contributed by atoms with Crippen molar-refractivity contribution in [3.05, 3.63) is 48.0 Å². The fraction of sp³-hybridized carbons (Fsp3) is 0.522. The van der Waals surface area contributed by atoms with E-state index in [1.165, 1.54) is 0 Å². The molecule has 2 heterocycles. The number of aliphatic hydroxyl groups is 4. The first-order chi connectivity index (χ1) is 16.2. The second-order valence-corrected chi connectivity index (χ2v) is 9.02. The highest BCUT2D eigenvalue weighted by molar-refractivity contribution is 5.97. The minimum atomic E-state index is -3.79. The molecule has 7 N–H and O–H groups in total. The van der Waals surface area contributed by atoms with Crippen LogP contribution < -0.4 is 0 Å². The van der Waals surface area contributed by atoms with Gasteiger partial charge in [-0.1, -0.05) is 43.8 Å². The molecule has 0 aromatic heterocycles. The van der Waals surface area contributed by atoms with Gasteiger partial charge in [0, 0.05) is 6.42 Å². The van der Waals surface area contributed by atoms with E-state index in [1.54, 1.807) is 6.92 Å². The molecule has 8 atom stereocenters. The molecular formula is C23H28O12. The van der Waals surface area contributed by atoms with Crippen molar-refractivity contribution < 1.29 is 59.6 Å². The van der Waals surface area contributed by atoms with E-state index in [0.29, 0.717) is 6.42 Å². The smallest absolute Gasteiger partial charge is 0.343 e. The summed E-state index contributed by atoms with van der Waals surface area (Å²) in [6.45, 7) is 5.58. The molecule has 192 valence electrons. The Kier molecular flexibility index (Phi) is 7.10. The predicted molar refractivity (Wildman–Crippen MR) is 115 cm³/mol. The van der Waals surface area contributed by atoms with Crippen LogP contribution in [0.1, 0.15) is 25.3 Å². The van der Waals surface area contributed by atoms with E-state index in [4.69, 9.17) is 9.47 Å². The second-order valence-electron chi connectivity index (χ2n) is 9.02. The van der Waals surface area contributed by atoms with Crippen LogP contribution in [-0.2, 0) is 30.3 Å². The lowest BCUT2D eigenvalue weighted by molar-refractivity contribution is -0.374. The van der Waals surface area contributed by atoms with Gasteiger partial charge in [0.15, 0.2) is 5.79 Å².